The summed E-state index contributed by atoms with van der Waals surface area (Å²) in [5, 5.41) is 0. The summed E-state index contributed by atoms with van der Waals surface area (Å²) in [6.45, 7) is 3.10. The van der Waals surface area contributed by atoms with E-state index in [1.54, 1.807) is 41.8 Å². The Balaban J connectivity index is 1.80. The van der Waals surface area contributed by atoms with E-state index in [-0.39, 0.29) is 5.91 Å². The first-order valence-electron chi connectivity index (χ1n) is 8.16. The van der Waals surface area contributed by atoms with Crippen LogP contribution in [0, 0.1) is 6.92 Å². The second-order valence-corrected chi connectivity index (χ2v) is 5.83. The molecule has 0 N–H and O–H groups in total. The minimum absolute atomic E-state index is 0.0662. The summed E-state index contributed by atoms with van der Waals surface area (Å²) in [7, 11) is 0. The fraction of sp³-hybridized carbons (Fsp3) is 0.143. The average Bonchev–Trinajstić information content (AvgIpc) is 3.15. The van der Waals surface area contributed by atoms with Crippen LogP contribution in [0.25, 0.3) is 6.08 Å². The minimum Gasteiger partial charge on any atom is -0.465 e. The molecule has 0 aliphatic carbocycles. The quantitative estimate of drug-likeness (QED) is 0.635. The standard InChI is InChI=1S/C21H20N2O2/c1-17-6-2-3-8-19(17)16-23(15-18-7-4-12-22-14-18)21(24)11-10-20-9-5-13-25-20/h2-14H,15-16H2,1H3. The zero-order valence-corrected chi connectivity index (χ0v) is 14.1. The number of carbonyl (C=O) groups excluding carboxylic acids is 1. The largest absolute Gasteiger partial charge is 0.465 e. The van der Waals surface area contributed by atoms with E-state index in [1.807, 2.05) is 30.3 Å². The van der Waals surface area contributed by atoms with Crippen molar-refractivity contribution in [3.05, 3.63) is 95.7 Å². The Morgan fingerprint density at radius 2 is 2.00 bits per heavy atom. The van der Waals surface area contributed by atoms with Crippen molar-refractivity contribution in [1.82, 2.24) is 9.88 Å². The van der Waals surface area contributed by atoms with E-state index in [0.717, 1.165) is 11.1 Å². The minimum atomic E-state index is -0.0662. The van der Waals surface area contributed by atoms with Gasteiger partial charge in [-0.15, -0.1) is 0 Å². The Kier molecular flexibility index (Phi) is 5.42. The van der Waals surface area contributed by atoms with Crippen molar-refractivity contribution in [2.45, 2.75) is 20.0 Å². The molecular formula is C21H20N2O2. The van der Waals surface area contributed by atoms with Crippen LogP contribution in [-0.2, 0) is 17.9 Å². The lowest BCUT2D eigenvalue weighted by Crippen LogP contribution is -2.28. The molecule has 0 unspecified atom stereocenters. The molecule has 1 aromatic carbocycles. The van der Waals surface area contributed by atoms with E-state index in [9.17, 15) is 4.79 Å². The SMILES string of the molecule is Cc1ccccc1CN(Cc1cccnc1)C(=O)C=Cc1ccco1. The van der Waals surface area contributed by atoms with E-state index < -0.39 is 0 Å². The molecule has 3 aromatic rings. The topological polar surface area (TPSA) is 46.3 Å². The first-order valence-corrected chi connectivity index (χ1v) is 8.16. The second kappa shape index (κ2) is 8.11. The zero-order valence-electron chi connectivity index (χ0n) is 14.1. The molecule has 2 heterocycles. The maximum absolute atomic E-state index is 12.7. The Morgan fingerprint density at radius 3 is 2.72 bits per heavy atom. The normalized spacial score (nSPS) is 10.9. The molecule has 0 aliphatic heterocycles. The van der Waals surface area contributed by atoms with Crippen molar-refractivity contribution in [2.75, 3.05) is 0 Å². The summed E-state index contributed by atoms with van der Waals surface area (Å²) in [6, 6.07) is 15.6. The Bertz CT molecular complexity index is 839. The van der Waals surface area contributed by atoms with Crippen LogP contribution < -0.4 is 0 Å². The molecule has 0 saturated heterocycles. The van der Waals surface area contributed by atoms with Gasteiger partial charge in [-0.05, 0) is 47.9 Å². The van der Waals surface area contributed by atoms with Crippen molar-refractivity contribution >= 4 is 12.0 Å². The van der Waals surface area contributed by atoms with Crippen molar-refractivity contribution in [1.29, 1.82) is 0 Å². The van der Waals surface area contributed by atoms with Gasteiger partial charge in [-0.25, -0.2) is 0 Å². The highest BCUT2D eigenvalue weighted by molar-refractivity contribution is 5.91. The molecule has 4 nitrogen and oxygen atoms in total. The lowest BCUT2D eigenvalue weighted by atomic mass is 10.1. The molecule has 0 aliphatic rings. The van der Waals surface area contributed by atoms with E-state index >= 15 is 0 Å². The summed E-state index contributed by atoms with van der Waals surface area (Å²) >= 11 is 0. The van der Waals surface area contributed by atoms with Gasteiger partial charge < -0.3 is 9.32 Å². The highest BCUT2D eigenvalue weighted by atomic mass is 16.3. The molecule has 126 valence electrons. The third-order valence-electron chi connectivity index (χ3n) is 3.96. The number of rotatable bonds is 6. The third kappa shape index (κ3) is 4.67. The van der Waals surface area contributed by atoms with Crippen LogP contribution in [0.15, 0.2) is 77.7 Å². The number of aryl methyl sites for hydroxylation is 1. The lowest BCUT2D eigenvalue weighted by molar-refractivity contribution is -0.127. The molecule has 25 heavy (non-hydrogen) atoms. The van der Waals surface area contributed by atoms with Gasteiger partial charge >= 0.3 is 0 Å². The first kappa shape index (κ1) is 16.7. The van der Waals surface area contributed by atoms with Crippen molar-refractivity contribution in [3.63, 3.8) is 0 Å². The predicted octanol–water partition coefficient (Wildman–Crippen LogP) is 4.23. The highest BCUT2D eigenvalue weighted by Crippen LogP contribution is 2.14. The van der Waals surface area contributed by atoms with E-state index in [0.29, 0.717) is 18.8 Å². The zero-order chi connectivity index (χ0) is 17.5. The summed E-state index contributed by atoms with van der Waals surface area (Å²) in [5.41, 5.74) is 3.29. The number of amides is 1. The molecule has 0 fully saturated rings. The number of aromatic nitrogens is 1. The molecule has 0 atom stereocenters. The Hall–Kier alpha value is -3.14. The van der Waals surface area contributed by atoms with Crippen LogP contribution in [-0.4, -0.2) is 15.8 Å². The molecule has 0 spiro atoms. The summed E-state index contributed by atoms with van der Waals surface area (Å²) in [5.74, 6) is 0.592. The number of hydrogen-bond acceptors (Lipinski definition) is 3. The van der Waals surface area contributed by atoms with E-state index in [4.69, 9.17) is 4.42 Å². The maximum Gasteiger partial charge on any atom is 0.247 e. The van der Waals surface area contributed by atoms with E-state index in [2.05, 4.69) is 24.0 Å². The van der Waals surface area contributed by atoms with Crippen LogP contribution in [0.1, 0.15) is 22.5 Å². The molecule has 1 amide bonds. The van der Waals surface area contributed by atoms with Crippen LogP contribution in [0.2, 0.25) is 0 Å². The fourth-order valence-corrected chi connectivity index (χ4v) is 2.56. The third-order valence-corrected chi connectivity index (χ3v) is 3.96. The molecule has 3 rings (SSSR count). The number of carbonyl (C=O) groups is 1. The Morgan fingerprint density at radius 1 is 1.12 bits per heavy atom. The Labute approximate surface area is 147 Å². The van der Waals surface area contributed by atoms with Gasteiger partial charge in [-0.1, -0.05) is 30.3 Å². The molecule has 0 saturated carbocycles. The predicted molar refractivity (Wildman–Crippen MR) is 97.4 cm³/mol. The number of benzene rings is 1. The molecule has 0 bridgehead atoms. The number of nitrogens with zero attached hydrogens (tertiary/aromatic N) is 2. The second-order valence-electron chi connectivity index (χ2n) is 5.83. The average molecular weight is 332 g/mol. The summed E-state index contributed by atoms with van der Waals surface area (Å²) < 4.78 is 5.25. The van der Waals surface area contributed by atoms with Crippen LogP contribution in [0.4, 0.5) is 0 Å². The van der Waals surface area contributed by atoms with E-state index in [1.165, 1.54) is 5.56 Å². The lowest BCUT2D eigenvalue weighted by Gasteiger charge is -2.22. The number of hydrogen-bond donors (Lipinski definition) is 0. The number of pyridine rings is 1. The van der Waals surface area contributed by atoms with Gasteiger partial charge in [-0.2, -0.15) is 0 Å². The molecular weight excluding hydrogens is 312 g/mol. The van der Waals surface area contributed by atoms with Crippen LogP contribution in [0.5, 0.6) is 0 Å². The number of furan rings is 1. The van der Waals surface area contributed by atoms with Crippen molar-refractivity contribution in [3.8, 4) is 0 Å². The summed E-state index contributed by atoms with van der Waals surface area (Å²) in [6.07, 6.45) is 8.34. The van der Waals surface area contributed by atoms with Crippen molar-refractivity contribution in [2.24, 2.45) is 0 Å². The van der Waals surface area contributed by atoms with Gasteiger partial charge in [-0.3, -0.25) is 9.78 Å². The van der Waals surface area contributed by atoms with Gasteiger partial charge in [0.25, 0.3) is 0 Å². The van der Waals surface area contributed by atoms with Crippen LogP contribution >= 0.6 is 0 Å². The fourth-order valence-electron chi connectivity index (χ4n) is 2.56. The van der Waals surface area contributed by atoms with Gasteiger partial charge in [0.05, 0.1) is 6.26 Å². The van der Waals surface area contributed by atoms with Crippen LogP contribution in [0.3, 0.4) is 0 Å². The smallest absolute Gasteiger partial charge is 0.247 e. The van der Waals surface area contributed by atoms with Gasteiger partial charge in [0, 0.05) is 31.6 Å². The van der Waals surface area contributed by atoms with Gasteiger partial charge in [0.15, 0.2) is 0 Å². The highest BCUT2D eigenvalue weighted by Gasteiger charge is 2.13. The monoisotopic (exact) mass is 332 g/mol. The first-order chi connectivity index (χ1) is 12.2. The maximum atomic E-state index is 12.7. The van der Waals surface area contributed by atoms with Gasteiger partial charge in [0.2, 0.25) is 5.91 Å². The summed E-state index contributed by atoms with van der Waals surface area (Å²) in [4.78, 5) is 18.7. The van der Waals surface area contributed by atoms with Crippen molar-refractivity contribution < 1.29 is 9.21 Å². The molecule has 2 aromatic heterocycles. The molecule has 4 heteroatoms. The van der Waals surface area contributed by atoms with Gasteiger partial charge in [0.1, 0.15) is 5.76 Å². The molecule has 0 radical (unpaired) electrons.